The normalized spacial score (nSPS) is 11.0. The van der Waals surface area contributed by atoms with Crippen LogP contribution in [0, 0.1) is 6.92 Å². The number of hydrogen-bond donors (Lipinski definition) is 2. The van der Waals surface area contributed by atoms with Crippen molar-refractivity contribution in [2.45, 2.75) is 19.0 Å². The lowest BCUT2D eigenvalue weighted by Crippen LogP contribution is -2.20. The molecule has 0 saturated carbocycles. The highest BCUT2D eigenvalue weighted by Gasteiger charge is 2.17. The molecule has 178 valence electrons. The zero-order valence-corrected chi connectivity index (χ0v) is 20.2. The first-order valence-corrected chi connectivity index (χ1v) is 12.0. The van der Waals surface area contributed by atoms with Crippen LogP contribution in [0.15, 0.2) is 83.1 Å². The third-order valence-electron chi connectivity index (χ3n) is 4.98. The van der Waals surface area contributed by atoms with Crippen molar-refractivity contribution in [3.63, 3.8) is 0 Å². The van der Waals surface area contributed by atoms with Gasteiger partial charge in [0.2, 0.25) is 0 Å². The van der Waals surface area contributed by atoms with E-state index in [4.69, 9.17) is 4.74 Å². The summed E-state index contributed by atoms with van der Waals surface area (Å²) in [6.07, 6.45) is 1.49. The summed E-state index contributed by atoms with van der Waals surface area (Å²) < 4.78 is 7.30. The molecule has 0 atom stereocenters. The number of ether oxygens (including phenoxy) is 1. The van der Waals surface area contributed by atoms with Crippen LogP contribution in [0.1, 0.15) is 18.1 Å². The van der Waals surface area contributed by atoms with Gasteiger partial charge in [-0.25, -0.2) is 5.43 Å². The molecule has 9 heteroatoms. The van der Waals surface area contributed by atoms with E-state index in [1.165, 1.54) is 24.0 Å². The second kappa shape index (κ2) is 11.3. The van der Waals surface area contributed by atoms with Crippen molar-refractivity contribution >= 4 is 23.9 Å². The monoisotopic (exact) mass is 487 g/mol. The van der Waals surface area contributed by atoms with E-state index in [0.717, 1.165) is 16.8 Å². The number of amides is 1. The van der Waals surface area contributed by atoms with Crippen LogP contribution in [0.2, 0.25) is 0 Å². The molecule has 4 rings (SSSR count). The molecule has 8 nitrogen and oxygen atoms in total. The van der Waals surface area contributed by atoms with E-state index in [9.17, 15) is 9.90 Å². The first kappa shape index (κ1) is 24.0. The van der Waals surface area contributed by atoms with Crippen molar-refractivity contribution in [1.29, 1.82) is 0 Å². The fourth-order valence-corrected chi connectivity index (χ4v) is 4.03. The van der Waals surface area contributed by atoms with Gasteiger partial charge in [0.15, 0.2) is 22.5 Å². The van der Waals surface area contributed by atoms with Crippen molar-refractivity contribution in [2.75, 3.05) is 12.4 Å². The molecule has 0 unspecified atom stereocenters. The van der Waals surface area contributed by atoms with E-state index in [0.29, 0.717) is 28.9 Å². The summed E-state index contributed by atoms with van der Waals surface area (Å²) in [5, 5.41) is 23.2. The van der Waals surface area contributed by atoms with Crippen molar-refractivity contribution in [1.82, 2.24) is 20.2 Å². The largest absolute Gasteiger partial charge is 0.504 e. The molecule has 4 aromatic rings. The number of para-hydroxylation sites is 1. The van der Waals surface area contributed by atoms with Crippen LogP contribution in [0.4, 0.5) is 0 Å². The molecule has 0 radical (unpaired) electrons. The Hall–Kier alpha value is -4.11. The van der Waals surface area contributed by atoms with Gasteiger partial charge in [0.1, 0.15) is 0 Å². The standard InChI is InChI=1S/C26H25N5O3S/c1-3-34-23-15-19(11-14-22(23)32)16-27-28-24(33)17-35-26-30-29-25(20-12-9-18(2)10-13-20)31(26)21-7-5-4-6-8-21/h4-16,32H,3,17H2,1-2H3,(H,28,33). The van der Waals surface area contributed by atoms with Crippen molar-refractivity contribution < 1.29 is 14.6 Å². The highest BCUT2D eigenvalue weighted by molar-refractivity contribution is 7.99. The molecule has 0 bridgehead atoms. The highest BCUT2D eigenvalue weighted by atomic mass is 32.2. The number of aryl methyl sites for hydroxylation is 1. The summed E-state index contributed by atoms with van der Waals surface area (Å²) in [6.45, 7) is 4.30. The molecule has 2 N–H and O–H groups in total. The van der Waals surface area contributed by atoms with Crippen molar-refractivity contribution in [3.05, 3.63) is 83.9 Å². The minimum absolute atomic E-state index is 0.0527. The Morgan fingerprint density at radius 1 is 1.11 bits per heavy atom. The Bertz CT molecular complexity index is 1320. The number of rotatable bonds is 9. The van der Waals surface area contributed by atoms with E-state index < -0.39 is 0 Å². The molecule has 1 aromatic heterocycles. The van der Waals surface area contributed by atoms with Crippen LogP contribution in [0.3, 0.4) is 0 Å². The summed E-state index contributed by atoms with van der Waals surface area (Å²) in [6, 6.07) is 22.7. The van der Waals surface area contributed by atoms with Gasteiger partial charge in [0.05, 0.1) is 18.6 Å². The second-order valence-corrected chi connectivity index (χ2v) is 8.53. The minimum atomic E-state index is -0.283. The number of aromatic nitrogens is 3. The van der Waals surface area contributed by atoms with Gasteiger partial charge in [-0.15, -0.1) is 10.2 Å². The molecule has 35 heavy (non-hydrogen) atoms. The summed E-state index contributed by atoms with van der Waals surface area (Å²) in [5.41, 5.74) is 6.21. The second-order valence-electron chi connectivity index (χ2n) is 7.59. The number of nitrogens with zero attached hydrogens (tertiary/aromatic N) is 4. The van der Waals surface area contributed by atoms with Crippen molar-refractivity contribution in [2.24, 2.45) is 5.10 Å². The van der Waals surface area contributed by atoms with Crippen LogP contribution in [-0.4, -0.2) is 44.4 Å². The van der Waals surface area contributed by atoms with Gasteiger partial charge >= 0.3 is 0 Å². The van der Waals surface area contributed by atoms with E-state index in [1.54, 1.807) is 12.1 Å². The number of aromatic hydroxyl groups is 1. The molecule has 3 aromatic carbocycles. The van der Waals surface area contributed by atoms with Crippen LogP contribution in [0.25, 0.3) is 17.1 Å². The fraction of sp³-hybridized carbons (Fsp3) is 0.154. The Morgan fingerprint density at radius 3 is 2.63 bits per heavy atom. The molecule has 0 aliphatic heterocycles. The maximum Gasteiger partial charge on any atom is 0.250 e. The van der Waals surface area contributed by atoms with Crippen LogP contribution in [-0.2, 0) is 4.79 Å². The van der Waals surface area contributed by atoms with Crippen LogP contribution in [0.5, 0.6) is 11.5 Å². The zero-order chi connectivity index (χ0) is 24.6. The topological polar surface area (TPSA) is 102 Å². The molecule has 0 aliphatic rings. The molecular formula is C26H25N5O3S. The van der Waals surface area contributed by atoms with Gasteiger partial charge < -0.3 is 9.84 Å². The van der Waals surface area contributed by atoms with Gasteiger partial charge in [-0.1, -0.05) is 59.8 Å². The summed E-state index contributed by atoms with van der Waals surface area (Å²) in [4.78, 5) is 12.4. The predicted octanol–water partition coefficient (Wildman–Crippen LogP) is 4.59. The number of nitrogens with one attached hydrogen (secondary N) is 1. The number of hydrogen-bond acceptors (Lipinski definition) is 7. The van der Waals surface area contributed by atoms with Gasteiger partial charge in [0.25, 0.3) is 5.91 Å². The molecule has 1 heterocycles. The fourth-order valence-electron chi connectivity index (χ4n) is 3.29. The van der Waals surface area contributed by atoms with E-state index in [2.05, 4.69) is 20.7 Å². The highest BCUT2D eigenvalue weighted by Crippen LogP contribution is 2.28. The number of phenols is 1. The number of hydrazone groups is 1. The Balaban J connectivity index is 1.46. The number of carbonyl (C=O) groups excluding carboxylic acids is 1. The lowest BCUT2D eigenvalue weighted by Gasteiger charge is -2.10. The van der Waals surface area contributed by atoms with E-state index >= 15 is 0 Å². The number of benzene rings is 3. The Morgan fingerprint density at radius 2 is 1.89 bits per heavy atom. The smallest absolute Gasteiger partial charge is 0.250 e. The number of phenolic OH excluding ortho intramolecular Hbond substituents is 1. The minimum Gasteiger partial charge on any atom is -0.504 e. The average Bonchev–Trinajstić information content (AvgIpc) is 3.30. The summed E-state index contributed by atoms with van der Waals surface area (Å²) in [7, 11) is 0. The third-order valence-corrected chi connectivity index (χ3v) is 5.91. The SMILES string of the molecule is CCOc1cc(C=NNC(=O)CSc2nnc(-c3ccc(C)cc3)n2-c2ccccc2)ccc1O. The average molecular weight is 488 g/mol. The molecule has 0 aliphatic carbocycles. The number of thioether (sulfide) groups is 1. The summed E-state index contributed by atoms with van der Waals surface area (Å²) in [5.74, 6) is 0.944. The number of carbonyl (C=O) groups is 1. The molecule has 0 saturated heterocycles. The molecule has 0 spiro atoms. The van der Waals surface area contributed by atoms with Gasteiger partial charge in [-0.05, 0) is 49.7 Å². The lowest BCUT2D eigenvalue weighted by atomic mass is 10.1. The van der Waals surface area contributed by atoms with Gasteiger partial charge in [-0.2, -0.15) is 5.10 Å². The van der Waals surface area contributed by atoms with Gasteiger partial charge in [-0.3, -0.25) is 9.36 Å². The first-order valence-electron chi connectivity index (χ1n) is 11.0. The lowest BCUT2D eigenvalue weighted by molar-refractivity contribution is -0.118. The first-order chi connectivity index (χ1) is 17.0. The van der Waals surface area contributed by atoms with Crippen molar-refractivity contribution in [3.8, 4) is 28.6 Å². The third kappa shape index (κ3) is 6.07. The maximum atomic E-state index is 12.4. The molecule has 0 fully saturated rings. The Kier molecular flexibility index (Phi) is 7.79. The van der Waals surface area contributed by atoms with E-state index in [1.807, 2.05) is 73.0 Å². The van der Waals surface area contributed by atoms with Gasteiger partial charge in [0, 0.05) is 11.3 Å². The quantitative estimate of drug-likeness (QED) is 0.203. The molecular weight excluding hydrogens is 462 g/mol. The Labute approximate surface area is 207 Å². The maximum absolute atomic E-state index is 12.4. The summed E-state index contributed by atoms with van der Waals surface area (Å²) >= 11 is 1.28. The predicted molar refractivity (Wildman–Crippen MR) is 137 cm³/mol. The zero-order valence-electron chi connectivity index (χ0n) is 19.4. The van der Waals surface area contributed by atoms with E-state index in [-0.39, 0.29) is 17.4 Å². The van der Waals surface area contributed by atoms with Crippen LogP contribution >= 0.6 is 11.8 Å². The molecule has 1 amide bonds. The van der Waals surface area contributed by atoms with Crippen LogP contribution < -0.4 is 10.2 Å².